The number of hydrogen-bond donors (Lipinski definition) is 1. The van der Waals surface area contributed by atoms with E-state index in [1.165, 1.54) is 10.4 Å². The van der Waals surface area contributed by atoms with Gasteiger partial charge in [0.1, 0.15) is 0 Å². The van der Waals surface area contributed by atoms with E-state index in [9.17, 15) is 4.79 Å². The Balaban J connectivity index is 1.47. The molecule has 1 aliphatic heterocycles. The number of benzene rings is 1. The molecule has 3 aromatic rings. The van der Waals surface area contributed by atoms with E-state index in [1.807, 2.05) is 18.2 Å². The largest absolute Gasteiger partial charge is 0.385 e. The first-order valence-corrected chi connectivity index (χ1v) is 11.1. The molecule has 0 saturated carbocycles. The van der Waals surface area contributed by atoms with E-state index in [1.54, 1.807) is 18.4 Å². The summed E-state index contributed by atoms with van der Waals surface area (Å²) in [6.07, 6.45) is 2.62. The van der Waals surface area contributed by atoms with Gasteiger partial charge in [-0.05, 0) is 36.8 Å². The van der Waals surface area contributed by atoms with Gasteiger partial charge in [0.15, 0.2) is 0 Å². The second kappa shape index (κ2) is 9.37. The molecule has 0 unspecified atom stereocenters. The zero-order valence-corrected chi connectivity index (χ0v) is 17.6. The number of thiophene rings is 1. The Morgan fingerprint density at radius 1 is 1.24 bits per heavy atom. The fourth-order valence-corrected chi connectivity index (χ4v) is 4.76. The summed E-state index contributed by atoms with van der Waals surface area (Å²) < 4.78 is 6.27. The number of rotatable bonds is 7. The highest BCUT2D eigenvalue weighted by Crippen LogP contribution is 2.36. The molecule has 1 fully saturated rings. The molecule has 1 N–H and O–H groups in total. The third-order valence-corrected chi connectivity index (χ3v) is 6.42. The quantitative estimate of drug-likeness (QED) is 0.590. The second-order valence-corrected chi connectivity index (χ2v) is 8.34. The second-order valence-electron chi connectivity index (χ2n) is 7.43. The summed E-state index contributed by atoms with van der Waals surface area (Å²) in [5, 5.41) is 5.16. The van der Waals surface area contributed by atoms with Crippen LogP contribution >= 0.6 is 11.3 Å². The van der Waals surface area contributed by atoms with Crippen molar-refractivity contribution in [3.8, 4) is 11.3 Å². The minimum atomic E-state index is 0.100. The number of ether oxygens (including phenoxy) is 1. The highest BCUT2D eigenvalue weighted by Gasteiger charge is 2.26. The van der Waals surface area contributed by atoms with Crippen molar-refractivity contribution in [1.29, 1.82) is 0 Å². The number of aromatic nitrogens is 1. The first-order valence-electron chi connectivity index (χ1n) is 10.2. The lowest BCUT2D eigenvalue weighted by atomic mass is 9.95. The first-order chi connectivity index (χ1) is 14.3. The van der Waals surface area contributed by atoms with Crippen LogP contribution in [0.25, 0.3) is 21.5 Å². The van der Waals surface area contributed by atoms with E-state index < -0.39 is 0 Å². The van der Waals surface area contributed by atoms with Crippen molar-refractivity contribution in [2.24, 2.45) is 5.92 Å². The number of hydrogen-bond acceptors (Lipinski definition) is 5. The monoisotopic (exact) mass is 409 g/mol. The van der Waals surface area contributed by atoms with Gasteiger partial charge in [-0.2, -0.15) is 0 Å². The zero-order valence-electron chi connectivity index (χ0n) is 16.8. The molecule has 0 bridgehead atoms. The van der Waals surface area contributed by atoms with E-state index in [0.29, 0.717) is 13.2 Å². The molecule has 1 aliphatic rings. The number of amides is 1. The van der Waals surface area contributed by atoms with Crippen LogP contribution in [0.2, 0.25) is 0 Å². The molecule has 1 aromatic carbocycles. The molecule has 1 saturated heterocycles. The maximum atomic E-state index is 12.4. The maximum absolute atomic E-state index is 12.4. The van der Waals surface area contributed by atoms with Crippen LogP contribution in [-0.4, -0.2) is 44.2 Å². The molecule has 2 aromatic heterocycles. The van der Waals surface area contributed by atoms with Crippen molar-refractivity contribution >= 4 is 33.1 Å². The van der Waals surface area contributed by atoms with Crippen molar-refractivity contribution in [1.82, 2.24) is 10.3 Å². The van der Waals surface area contributed by atoms with Gasteiger partial charge < -0.3 is 15.0 Å². The molecule has 0 radical (unpaired) electrons. The molecule has 4 rings (SSSR count). The van der Waals surface area contributed by atoms with Crippen molar-refractivity contribution in [2.75, 3.05) is 38.3 Å². The van der Waals surface area contributed by atoms with Crippen molar-refractivity contribution in [3.05, 3.63) is 47.8 Å². The predicted molar refractivity (Wildman–Crippen MR) is 119 cm³/mol. The number of nitrogens with zero attached hydrogens (tertiary/aromatic N) is 2. The summed E-state index contributed by atoms with van der Waals surface area (Å²) in [5.41, 5.74) is 4.42. The Bertz CT molecular complexity index is 949. The number of anilines is 1. The Morgan fingerprint density at radius 3 is 2.79 bits per heavy atom. The van der Waals surface area contributed by atoms with Crippen LogP contribution in [0.4, 0.5) is 5.69 Å². The number of carbonyl (C=O) groups excluding carboxylic acids is 1. The normalized spacial score (nSPS) is 15.0. The third-order valence-electron chi connectivity index (χ3n) is 5.49. The van der Waals surface area contributed by atoms with Crippen molar-refractivity contribution in [3.63, 3.8) is 0 Å². The number of fused-ring (bicyclic) bond motifs is 1. The van der Waals surface area contributed by atoms with Gasteiger partial charge in [0.25, 0.3) is 0 Å². The predicted octanol–water partition coefficient (Wildman–Crippen LogP) is 4.33. The SMILES string of the molecule is COCCCNC(=O)C1CCN(c2cc(-c3ccccc3)nc3ccsc23)CC1. The van der Waals surface area contributed by atoms with Gasteiger partial charge in [0.05, 0.1) is 21.6 Å². The number of nitrogens with one attached hydrogen (secondary N) is 1. The van der Waals surface area contributed by atoms with Crippen LogP contribution in [0.1, 0.15) is 19.3 Å². The Labute approximate surface area is 175 Å². The Hall–Kier alpha value is -2.44. The van der Waals surface area contributed by atoms with E-state index in [-0.39, 0.29) is 11.8 Å². The van der Waals surface area contributed by atoms with Crippen LogP contribution < -0.4 is 10.2 Å². The summed E-state index contributed by atoms with van der Waals surface area (Å²) in [5.74, 6) is 0.282. The lowest BCUT2D eigenvalue weighted by Gasteiger charge is -2.33. The fraction of sp³-hybridized carbons (Fsp3) is 0.391. The molecule has 0 atom stereocenters. The average molecular weight is 410 g/mol. The van der Waals surface area contributed by atoms with Crippen LogP contribution in [0.5, 0.6) is 0 Å². The highest BCUT2D eigenvalue weighted by molar-refractivity contribution is 7.17. The maximum Gasteiger partial charge on any atom is 0.223 e. The van der Waals surface area contributed by atoms with Gasteiger partial charge in [-0.15, -0.1) is 11.3 Å². The van der Waals surface area contributed by atoms with Crippen molar-refractivity contribution < 1.29 is 9.53 Å². The number of piperidine rings is 1. The van der Waals surface area contributed by atoms with Gasteiger partial charge in [-0.25, -0.2) is 4.98 Å². The average Bonchev–Trinajstić information content (AvgIpc) is 3.25. The number of methoxy groups -OCH3 is 1. The zero-order chi connectivity index (χ0) is 20.1. The molecule has 0 spiro atoms. The molecule has 6 heteroatoms. The lowest BCUT2D eigenvalue weighted by Crippen LogP contribution is -2.41. The summed E-state index contributed by atoms with van der Waals surface area (Å²) in [4.78, 5) is 19.7. The van der Waals surface area contributed by atoms with E-state index >= 15 is 0 Å². The van der Waals surface area contributed by atoms with E-state index in [0.717, 1.165) is 49.1 Å². The molecular weight excluding hydrogens is 382 g/mol. The van der Waals surface area contributed by atoms with Crippen LogP contribution in [0.15, 0.2) is 47.8 Å². The molecule has 3 heterocycles. The summed E-state index contributed by atoms with van der Waals surface area (Å²) in [6, 6.07) is 14.6. The number of pyridine rings is 1. The van der Waals surface area contributed by atoms with Gasteiger partial charge in [-0.1, -0.05) is 30.3 Å². The van der Waals surface area contributed by atoms with Gasteiger partial charge >= 0.3 is 0 Å². The smallest absolute Gasteiger partial charge is 0.223 e. The molecule has 0 aliphatic carbocycles. The lowest BCUT2D eigenvalue weighted by molar-refractivity contribution is -0.125. The van der Waals surface area contributed by atoms with Crippen LogP contribution in [0.3, 0.4) is 0 Å². The molecule has 5 nitrogen and oxygen atoms in total. The Kier molecular flexibility index (Phi) is 6.42. The standard InChI is InChI=1S/C23H27N3O2S/c1-28-14-5-11-24-23(27)18-8-12-26(13-9-18)21-16-20(17-6-3-2-4-7-17)25-19-10-15-29-22(19)21/h2-4,6-7,10,15-16,18H,5,8-9,11-14H2,1H3,(H,24,27). The number of carbonyl (C=O) groups is 1. The van der Waals surface area contributed by atoms with Crippen LogP contribution in [0, 0.1) is 5.92 Å². The highest BCUT2D eigenvalue weighted by atomic mass is 32.1. The molecule has 152 valence electrons. The minimum absolute atomic E-state index is 0.100. The summed E-state index contributed by atoms with van der Waals surface area (Å²) in [7, 11) is 1.68. The van der Waals surface area contributed by atoms with Gasteiger partial charge in [0.2, 0.25) is 5.91 Å². The van der Waals surface area contributed by atoms with E-state index in [4.69, 9.17) is 9.72 Å². The molecular formula is C23H27N3O2S. The van der Waals surface area contributed by atoms with Crippen molar-refractivity contribution in [2.45, 2.75) is 19.3 Å². The topological polar surface area (TPSA) is 54.5 Å². The Morgan fingerprint density at radius 2 is 2.03 bits per heavy atom. The van der Waals surface area contributed by atoms with E-state index in [2.05, 4.69) is 39.9 Å². The summed E-state index contributed by atoms with van der Waals surface area (Å²) in [6.45, 7) is 3.15. The van der Waals surface area contributed by atoms with Crippen LogP contribution in [-0.2, 0) is 9.53 Å². The summed E-state index contributed by atoms with van der Waals surface area (Å²) >= 11 is 1.74. The molecule has 29 heavy (non-hydrogen) atoms. The fourth-order valence-electron chi connectivity index (χ4n) is 3.89. The minimum Gasteiger partial charge on any atom is -0.385 e. The molecule has 1 amide bonds. The third kappa shape index (κ3) is 4.60. The first kappa shape index (κ1) is 19.9. The van der Waals surface area contributed by atoms with Gasteiger partial charge in [-0.3, -0.25) is 4.79 Å². The van der Waals surface area contributed by atoms with Gasteiger partial charge in [0, 0.05) is 44.8 Å².